The quantitative estimate of drug-likeness (QED) is 0.758. The number of carboxylic acid groups (broad SMARTS) is 1. The number of aliphatic carboxylic acids is 1. The minimum atomic E-state index is -2.57. The van der Waals surface area contributed by atoms with Crippen LogP contribution in [0.4, 0.5) is 0 Å². The number of carbonyl (C=O) groups is 1. The van der Waals surface area contributed by atoms with Gasteiger partial charge in [-0.15, -0.1) is 0 Å². The van der Waals surface area contributed by atoms with Crippen LogP contribution in [0.25, 0.3) is 0 Å². The van der Waals surface area contributed by atoms with Gasteiger partial charge in [0.15, 0.2) is 6.10 Å². The number of carboxylic acids is 1. The second kappa shape index (κ2) is 4.17. The Hall–Kier alpha value is -1.12. The molecule has 0 bridgehead atoms. The number of hydrogen-bond acceptors (Lipinski definition) is 3. The van der Waals surface area contributed by atoms with Crippen LogP contribution < -0.4 is 5.30 Å². The van der Waals surface area contributed by atoms with E-state index >= 15 is 0 Å². The first-order chi connectivity index (χ1) is 6.84. The van der Waals surface area contributed by atoms with Gasteiger partial charge in [0, 0.05) is 10.9 Å². The van der Waals surface area contributed by atoms with Crippen LogP contribution in [0.1, 0.15) is 11.7 Å². The largest absolute Gasteiger partial charge is 0.479 e. The van der Waals surface area contributed by atoms with Crippen molar-refractivity contribution in [2.45, 2.75) is 6.10 Å². The van der Waals surface area contributed by atoms with Gasteiger partial charge in [0.2, 0.25) is 0 Å². The van der Waals surface area contributed by atoms with E-state index in [1.54, 1.807) is 31.5 Å². The van der Waals surface area contributed by atoms with Gasteiger partial charge in [0.25, 0.3) is 0 Å². The summed E-state index contributed by atoms with van der Waals surface area (Å²) in [5, 5.41) is 18.5. The molecular weight excluding hydrogens is 215 g/mol. The molecule has 0 radical (unpaired) electrons. The zero-order valence-electron chi connectivity index (χ0n) is 8.54. The van der Waals surface area contributed by atoms with Crippen molar-refractivity contribution in [3.63, 3.8) is 0 Å². The van der Waals surface area contributed by atoms with Crippen molar-refractivity contribution in [3.8, 4) is 0 Å². The summed E-state index contributed by atoms with van der Waals surface area (Å²) >= 11 is 0. The minimum Gasteiger partial charge on any atom is -0.479 e. The van der Waals surface area contributed by atoms with Crippen molar-refractivity contribution in [2.24, 2.45) is 0 Å². The Kier molecular flexibility index (Phi) is 3.32. The Labute approximate surface area is 87.9 Å². The Morgan fingerprint density at radius 2 is 1.87 bits per heavy atom. The normalized spacial score (nSPS) is 13.5. The molecule has 5 heteroatoms. The van der Waals surface area contributed by atoms with Crippen molar-refractivity contribution in [2.75, 3.05) is 13.3 Å². The van der Waals surface area contributed by atoms with E-state index in [0.29, 0.717) is 5.30 Å². The summed E-state index contributed by atoms with van der Waals surface area (Å²) in [5.41, 5.74) is 0.207. The van der Waals surface area contributed by atoms with Gasteiger partial charge in [-0.05, 0) is 13.3 Å². The molecule has 0 aliphatic heterocycles. The molecule has 1 unspecified atom stereocenters. The van der Waals surface area contributed by atoms with Crippen molar-refractivity contribution in [3.05, 3.63) is 29.8 Å². The predicted octanol–water partition coefficient (Wildman–Crippen LogP) is 1.05. The third kappa shape index (κ3) is 2.67. The van der Waals surface area contributed by atoms with E-state index in [9.17, 15) is 14.5 Å². The number of rotatable bonds is 3. The van der Waals surface area contributed by atoms with Crippen LogP contribution in [0.3, 0.4) is 0 Å². The number of aliphatic hydroxyl groups is 1. The molecule has 0 aromatic heterocycles. The van der Waals surface area contributed by atoms with Crippen LogP contribution >= 0.6 is 7.14 Å². The van der Waals surface area contributed by atoms with E-state index in [-0.39, 0.29) is 5.56 Å². The zero-order valence-corrected chi connectivity index (χ0v) is 9.44. The molecule has 2 N–H and O–H groups in total. The van der Waals surface area contributed by atoms with Crippen LogP contribution in [0.5, 0.6) is 0 Å². The number of benzene rings is 1. The van der Waals surface area contributed by atoms with E-state index < -0.39 is 19.2 Å². The average Bonchev–Trinajstić information content (AvgIpc) is 2.15. The topological polar surface area (TPSA) is 74.6 Å². The van der Waals surface area contributed by atoms with Crippen molar-refractivity contribution < 1.29 is 19.6 Å². The standard InChI is InChI=1S/C10H13O4P/c1-15(2,14)8-6-4-3-5-7(8)9(11)10(12)13/h3-6,9,11H,1-2H3,(H,12,13). The fourth-order valence-corrected chi connectivity index (χ4v) is 2.61. The smallest absolute Gasteiger partial charge is 0.337 e. The summed E-state index contributed by atoms with van der Waals surface area (Å²) in [6.45, 7) is 3.08. The maximum absolute atomic E-state index is 11.9. The lowest BCUT2D eigenvalue weighted by atomic mass is 10.1. The summed E-state index contributed by atoms with van der Waals surface area (Å²) < 4.78 is 11.9. The number of aliphatic hydroxyl groups excluding tert-OH is 1. The molecule has 82 valence electrons. The molecule has 0 spiro atoms. The lowest BCUT2D eigenvalue weighted by molar-refractivity contribution is -0.146. The summed E-state index contributed by atoms with van der Waals surface area (Å²) in [6.07, 6.45) is -1.62. The zero-order chi connectivity index (χ0) is 11.6. The summed E-state index contributed by atoms with van der Waals surface area (Å²) in [4.78, 5) is 10.6. The van der Waals surface area contributed by atoms with Crippen molar-refractivity contribution in [1.82, 2.24) is 0 Å². The fourth-order valence-electron chi connectivity index (χ4n) is 1.34. The van der Waals surface area contributed by atoms with Crippen LogP contribution in [0.15, 0.2) is 24.3 Å². The van der Waals surface area contributed by atoms with Gasteiger partial charge in [0.1, 0.15) is 7.14 Å². The minimum absolute atomic E-state index is 0.207. The molecule has 1 atom stereocenters. The first-order valence-electron chi connectivity index (χ1n) is 4.39. The van der Waals surface area contributed by atoms with Gasteiger partial charge < -0.3 is 14.8 Å². The van der Waals surface area contributed by atoms with Gasteiger partial charge in [-0.3, -0.25) is 0 Å². The van der Waals surface area contributed by atoms with E-state index in [4.69, 9.17) is 5.11 Å². The molecule has 0 heterocycles. The number of hydrogen-bond donors (Lipinski definition) is 2. The van der Waals surface area contributed by atoms with Gasteiger partial charge >= 0.3 is 5.97 Å². The third-order valence-electron chi connectivity index (χ3n) is 2.05. The molecule has 4 nitrogen and oxygen atoms in total. The van der Waals surface area contributed by atoms with E-state index in [1.165, 1.54) is 6.07 Å². The molecule has 1 aromatic carbocycles. The first-order valence-corrected chi connectivity index (χ1v) is 6.99. The van der Waals surface area contributed by atoms with Crippen LogP contribution in [-0.4, -0.2) is 29.5 Å². The van der Waals surface area contributed by atoms with Gasteiger partial charge in [0.05, 0.1) is 0 Å². The lowest BCUT2D eigenvalue weighted by Crippen LogP contribution is -2.19. The molecule has 0 fully saturated rings. The van der Waals surface area contributed by atoms with Crippen LogP contribution in [0.2, 0.25) is 0 Å². The van der Waals surface area contributed by atoms with E-state index in [0.717, 1.165) is 0 Å². The first kappa shape index (κ1) is 12.0. The highest BCUT2D eigenvalue weighted by atomic mass is 31.2. The maximum atomic E-state index is 11.9. The molecule has 1 aromatic rings. The molecule has 0 aliphatic rings. The Bertz CT molecular complexity index is 421. The molecular formula is C10H13O4P. The molecule has 15 heavy (non-hydrogen) atoms. The highest BCUT2D eigenvalue weighted by Gasteiger charge is 2.24. The second-order valence-electron chi connectivity index (χ2n) is 3.65. The van der Waals surface area contributed by atoms with Crippen molar-refractivity contribution >= 4 is 18.4 Å². The fraction of sp³-hybridized carbons (Fsp3) is 0.300. The average molecular weight is 228 g/mol. The van der Waals surface area contributed by atoms with E-state index in [1.807, 2.05) is 0 Å². The monoisotopic (exact) mass is 228 g/mol. The predicted molar refractivity (Wildman–Crippen MR) is 58.1 cm³/mol. The van der Waals surface area contributed by atoms with Gasteiger partial charge in [-0.1, -0.05) is 24.3 Å². The molecule has 0 saturated heterocycles. The Morgan fingerprint density at radius 1 is 1.33 bits per heavy atom. The Balaban J connectivity index is 3.30. The highest BCUT2D eigenvalue weighted by molar-refractivity contribution is 7.70. The van der Waals surface area contributed by atoms with Gasteiger partial charge in [-0.25, -0.2) is 4.79 Å². The molecule has 0 amide bonds. The van der Waals surface area contributed by atoms with Crippen LogP contribution in [-0.2, 0) is 9.36 Å². The summed E-state index contributed by atoms with van der Waals surface area (Å²) in [7, 11) is -2.57. The second-order valence-corrected chi connectivity index (χ2v) is 6.83. The van der Waals surface area contributed by atoms with Crippen molar-refractivity contribution in [1.29, 1.82) is 0 Å². The lowest BCUT2D eigenvalue weighted by Gasteiger charge is -2.15. The summed E-state index contributed by atoms with van der Waals surface area (Å²) in [5.74, 6) is -1.34. The highest BCUT2D eigenvalue weighted by Crippen LogP contribution is 2.37. The summed E-state index contributed by atoms with van der Waals surface area (Å²) in [6, 6.07) is 6.35. The third-order valence-corrected chi connectivity index (χ3v) is 3.61. The molecule has 0 aliphatic carbocycles. The maximum Gasteiger partial charge on any atom is 0.337 e. The van der Waals surface area contributed by atoms with Gasteiger partial charge in [-0.2, -0.15) is 0 Å². The SMILES string of the molecule is CP(C)(=O)c1ccccc1C(O)C(=O)O. The Morgan fingerprint density at radius 3 is 2.33 bits per heavy atom. The molecule has 0 saturated carbocycles. The van der Waals surface area contributed by atoms with Crippen LogP contribution in [0, 0.1) is 0 Å². The molecule has 1 rings (SSSR count). The van der Waals surface area contributed by atoms with E-state index in [2.05, 4.69) is 0 Å².